The molecule has 17 heavy (non-hydrogen) atoms. The van der Waals surface area contributed by atoms with Crippen LogP contribution in [0.5, 0.6) is 0 Å². The van der Waals surface area contributed by atoms with Gasteiger partial charge in [0.15, 0.2) is 0 Å². The number of hydrogen-bond donors (Lipinski definition) is 2. The number of nitrogens with two attached hydrogens (primary N) is 1. The largest absolute Gasteiger partial charge is 0.380 e. The second kappa shape index (κ2) is 6.30. The van der Waals surface area contributed by atoms with Crippen LogP contribution in [0.15, 0.2) is 0 Å². The van der Waals surface area contributed by atoms with Gasteiger partial charge >= 0.3 is 0 Å². The van der Waals surface area contributed by atoms with E-state index < -0.39 is 0 Å². The molecule has 2 aliphatic rings. The third kappa shape index (κ3) is 3.64. The highest BCUT2D eigenvalue weighted by molar-refractivity contribution is 5.80. The van der Waals surface area contributed by atoms with Crippen LogP contribution >= 0.6 is 0 Å². The van der Waals surface area contributed by atoms with Crippen LogP contribution in [-0.2, 0) is 14.3 Å². The number of ether oxygens (including phenoxy) is 2. The average Bonchev–Trinajstić information content (AvgIpc) is 2.65. The van der Waals surface area contributed by atoms with Gasteiger partial charge in [-0.3, -0.25) is 15.1 Å². The van der Waals surface area contributed by atoms with E-state index in [1.165, 1.54) is 0 Å². The number of hydrogen-bond acceptors (Lipinski definition) is 5. The van der Waals surface area contributed by atoms with Crippen molar-refractivity contribution in [2.45, 2.75) is 31.5 Å². The molecular weight excluding hydrogens is 222 g/mol. The van der Waals surface area contributed by atoms with Crippen LogP contribution in [0.4, 0.5) is 0 Å². The van der Waals surface area contributed by atoms with E-state index in [9.17, 15) is 4.79 Å². The summed E-state index contributed by atoms with van der Waals surface area (Å²) in [5.41, 5.74) is 2.14. The lowest BCUT2D eigenvalue weighted by molar-refractivity contribution is -0.132. The maximum atomic E-state index is 11.3. The van der Waals surface area contributed by atoms with Crippen LogP contribution in [0.3, 0.4) is 0 Å². The molecule has 98 valence electrons. The fraction of sp³-hybridized carbons (Fsp3) is 0.909. The molecule has 3 N–H and O–H groups in total. The second-order valence-electron chi connectivity index (χ2n) is 4.60. The number of amides is 1. The molecule has 6 nitrogen and oxygen atoms in total. The summed E-state index contributed by atoms with van der Waals surface area (Å²) in [7, 11) is 0. The SMILES string of the molecule is NNC(=O)C1CCC(CN2CCCOCC2)O1. The molecule has 2 fully saturated rings. The van der Waals surface area contributed by atoms with Crippen LogP contribution < -0.4 is 11.3 Å². The number of nitrogens with one attached hydrogen (secondary N) is 1. The Labute approximate surface area is 101 Å². The summed E-state index contributed by atoms with van der Waals surface area (Å²) in [6, 6.07) is 0. The van der Waals surface area contributed by atoms with Gasteiger partial charge in [0.05, 0.1) is 12.7 Å². The third-order valence-corrected chi connectivity index (χ3v) is 3.32. The first-order chi connectivity index (χ1) is 8.29. The molecule has 0 radical (unpaired) electrons. The molecule has 0 aromatic heterocycles. The predicted octanol–water partition coefficient (Wildman–Crippen LogP) is -0.754. The first-order valence-electron chi connectivity index (χ1n) is 6.25. The van der Waals surface area contributed by atoms with E-state index in [-0.39, 0.29) is 18.1 Å². The van der Waals surface area contributed by atoms with Crippen molar-refractivity contribution in [2.24, 2.45) is 5.84 Å². The number of rotatable bonds is 3. The molecule has 0 bridgehead atoms. The summed E-state index contributed by atoms with van der Waals surface area (Å²) in [6.07, 6.45) is 2.54. The van der Waals surface area contributed by atoms with Crippen molar-refractivity contribution in [2.75, 3.05) is 32.8 Å². The lowest BCUT2D eigenvalue weighted by Crippen LogP contribution is -2.40. The lowest BCUT2D eigenvalue weighted by atomic mass is 10.2. The summed E-state index contributed by atoms with van der Waals surface area (Å²) in [4.78, 5) is 13.7. The van der Waals surface area contributed by atoms with Crippen LogP contribution in [0.1, 0.15) is 19.3 Å². The number of nitrogens with zero attached hydrogens (tertiary/aromatic N) is 1. The quantitative estimate of drug-likeness (QED) is 0.387. The van der Waals surface area contributed by atoms with E-state index in [1.807, 2.05) is 0 Å². The second-order valence-corrected chi connectivity index (χ2v) is 4.60. The Hall–Kier alpha value is -0.690. The maximum absolute atomic E-state index is 11.3. The van der Waals surface area contributed by atoms with Crippen molar-refractivity contribution < 1.29 is 14.3 Å². The Kier molecular flexibility index (Phi) is 4.73. The first kappa shape index (κ1) is 12.8. The number of carbonyl (C=O) groups is 1. The summed E-state index contributed by atoms with van der Waals surface area (Å²) in [5, 5.41) is 0. The molecular formula is C11H21N3O3. The van der Waals surface area contributed by atoms with Gasteiger partial charge in [0.1, 0.15) is 6.10 Å². The summed E-state index contributed by atoms with van der Waals surface area (Å²) >= 11 is 0. The van der Waals surface area contributed by atoms with E-state index in [1.54, 1.807) is 0 Å². The normalized spacial score (nSPS) is 31.1. The van der Waals surface area contributed by atoms with Crippen molar-refractivity contribution in [3.05, 3.63) is 0 Å². The van der Waals surface area contributed by atoms with Crippen molar-refractivity contribution in [3.63, 3.8) is 0 Å². The van der Waals surface area contributed by atoms with E-state index in [4.69, 9.17) is 15.3 Å². The summed E-state index contributed by atoms with van der Waals surface area (Å²) in [5.74, 6) is 4.88. The van der Waals surface area contributed by atoms with Gasteiger partial charge in [0.25, 0.3) is 5.91 Å². The molecule has 2 saturated heterocycles. The van der Waals surface area contributed by atoms with Gasteiger partial charge in [-0.1, -0.05) is 0 Å². The van der Waals surface area contributed by atoms with E-state index in [2.05, 4.69) is 10.3 Å². The van der Waals surface area contributed by atoms with E-state index in [0.29, 0.717) is 0 Å². The monoisotopic (exact) mass is 243 g/mol. The molecule has 2 heterocycles. The molecule has 2 unspecified atom stereocenters. The van der Waals surface area contributed by atoms with Crippen LogP contribution in [0.2, 0.25) is 0 Å². The van der Waals surface area contributed by atoms with Crippen molar-refractivity contribution in [1.29, 1.82) is 0 Å². The first-order valence-corrected chi connectivity index (χ1v) is 6.25. The van der Waals surface area contributed by atoms with Gasteiger partial charge in [-0.2, -0.15) is 0 Å². The minimum Gasteiger partial charge on any atom is -0.380 e. The molecule has 0 saturated carbocycles. The molecule has 2 rings (SSSR count). The molecule has 6 heteroatoms. The van der Waals surface area contributed by atoms with Crippen LogP contribution in [0.25, 0.3) is 0 Å². The van der Waals surface area contributed by atoms with Crippen LogP contribution in [0, 0.1) is 0 Å². The Bertz CT molecular complexity index is 254. The van der Waals surface area contributed by atoms with E-state index >= 15 is 0 Å². The molecule has 0 aromatic carbocycles. The van der Waals surface area contributed by atoms with Gasteiger partial charge in [-0.05, 0) is 19.3 Å². The van der Waals surface area contributed by atoms with Crippen molar-refractivity contribution in [3.8, 4) is 0 Å². The highest BCUT2D eigenvalue weighted by atomic mass is 16.5. The average molecular weight is 243 g/mol. The highest BCUT2D eigenvalue weighted by Gasteiger charge is 2.31. The standard InChI is InChI=1S/C11H21N3O3/c12-13-11(15)10-3-2-9(17-10)8-14-4-1-6-16-7-5-14/h9-10H,1-8,12H2,(H,13,15). The predicted molar refractivity (Wildman–Crippen MR) is 62.1 cm³/mol. The molecule has 1 amide bonds. The molecule has 2 atom stereocenters. The maximum Gasteiger partial charge on any atom is 0.263 e. The minimum atomic E-state index is -0.367. The summed E-state index contributed by atoms with van der Waals surface area (Å²) in [6.45, 7) is 4.53. The molecule has 0 aliphatic carbocycles. The lowest BCUT2D eigenvalue weighted by Gasteiger charge is -2.23. The fourth-order valence-corrected chi connectivity index (χ4v) is 2.39. The van der Waals surface area contributed by atoms with Crippen molar-refractivity contribution >= 4 is 5.91 Å². The minimum absolute atomic E-state index is 0.149. The zero-order valence-electron chi connectivity index (χ0n) is 10.1. The molecule has 2 aliphatic heterocycles. The smallest absolute Gasteiger partial charge is 0.263 e. The zero-order valence-corrected chi connectivity index (χ0v) is 10.1. The fourth-order valence-electron chi connectivity index (χ4n) is 2.39. The van der Waals surface area contributed by atoms with Gasteiger partial charge < -0.3 is 9.47 Å². The van der Waals surface area contributed by atoms with Gasteiger partial charge in [0.2, 0.25) is 0 Å². The number of hydrazine groups is 1. The highest BCUT2D eigenvalue weighted by Crippen LogP contribution is 2.20. The zero-order chi connectivity index (χ0) is 12.1. The van der Waals surface area contributed by atoms with Gasteiger partial charge in [0, 0.05) is 26.2 Å². The van der Waals surface area contributed by atoms with Crippen molar-refractivity contribution in [1.82, 2.24) is 10.3 Å². The van der Waals surface area contributed by atoms with Gasteiger partial charge in [-0.15, -0.1) is 0 Å². The Morgan fingerprint density at radius 2 is 2.24 bits per heavy atom. The molecule has 0 aromatic rings. The summed E-state index contributed by atoms with van der Waals surface area (Å²) < 4.78 is 11.1. The molecule has 0 spiro atoms. The number of carbonyl (C=O) groups excluding carboxylic acids is 1. The Morgan fingerprint density at radius 1 is 1.35 bits per heavy atom. The Morgan fingerprint density at radius 3 is 3.06 bits per heavy atom. The van der Waals surface area contributed by atoms with E-state index in [0.717, 1.165) is 52.1 Å². The topological polar surface area (TPSA) is 76.8 Å². The third-order valence-electron chi connectivity index (χ3n) is 3.32. The van der Waals surface area contributed by atoms with Crippen LogP contribution in [-0.4, -0.2) is 55.9 Å². The van der Waals surface area contributed by atoms with Gasteiger partial charge in [-0.25, -0.2) is 5.84 Å². The Balaban J connectivity index is 1.74.